The Hall–Kier alpha value is -2.33. The van der Waals surface area contributed by atoms with Gasteiger partial charge in [0, 0.05) is 5.56 Å². The van der Waals surface area contributed by atoms with E-state index in [9.17, 15) is 0 Å². The van der Waals surface area contributed by atoms with Crippen LogP contribution in [-0.2, 0) is 0 Å². The SMILES string of the molecule is CCOc1ccc(-c2[nH+]c(Nc3ccccc3)sc2C)cc1. The minimum absolute atomic E-state index is 0.689. The summed E-state index contributed by atoms with van der Waals surface area (Å²) in [6, 6.07) is 18.4. The van der Waals surface area contributed by atoms with Gasteiger partial charge in [-0.25, -0.2) is 10.3 Å². The number of rotatable bonds is 5. The highest BCUT2D eigenvalue weighted by molar-refractivity contribution is 7.15. The summed E-state index contributed by atoms with van der Waals surface area (Å²) >= 11 is 1.72. The molecule has 112 valence electrons. The number of para-hydroxylation sites is 1. The van der Waals surface area contributed by atoms with Crippen LogP contribution < -0.4 is 15.0 Å². The number of benzene rings is 2. The number of thiazole rings is 1. The molecule has 0 aliphatic rings. The first-order valence-electron chi connectivity index (χ1n) is 7.34. The number of H-pyrrole nitrogens is 1. The number of aromatic nitrogens is 1. The van der Waals surface area contributed by atoms with Crippen molar-refractivity contribution >= 4 is 22.2 Å². The molecule has 0 spiro atoms. The monoisotopic (exact) mass is 311 g/mol. The molecule has 3 nitrogen and oxygen atoms in total. The third kappa shape index (κ3) is 3.28. The van der Waals surface area contributed by atoms with Gasteiger partial charge in [0.1, 0.15) is 17.1 Å². The molecule has 0 atom stereocenters. The number of aromatic amines is 1. The van der Waals surface area contributed by atoms with E-state index in [2.05, 4.69) is 41.5 Å². The zero-order valence-electron chi connectivity index (χ0n) is 12.7. The van der Waals surface area contributed by atoms with Gasteiger partial charge in [0.15, 0.2) is 0 Å². The van der Waals surface area contributed by atoms with E-state index in [1.165, 1.54) is 10.4 Å². The Bertz CT molecular complexity index is 736. The molecule has 2 aromatic carbocycles. The van der Waals surface area contributed by atoms with Crippen molar-refractivity contribution in [2.24, 2.45) is 0 Å². The van der Waals surface area contributed by atoms with E-state index in [1.807, 2.05) is 37.3 Å². The molecule has 0 aliphatic heterocycles. The van der Waals surface area contributed by atoms with Gasteiger partial charge in [-0.05, 0) is 50.2 Å². The Morgan fingerprint density at radius 1 is 1.05 bits per heavy atom. The van der Waals surface area contributed by atoms with E-state index < -0.39 is 0 Å². The molecule has 0 bridgehead atoms. The highest BCUT2D eigenvalue weighted by atomic mass is 32.1. The van der Waals surface area contributed by atoms with Crippen LogP contribution in [0.3, 0.4) is 0 Å². The first-order valence-corrected chi connectivity index (χ1v) is 8.16. The second-order valence-electron chi connectivity index (χ2n) is 4.94. The minimum Gasteiger partial charge on any atom is -0.494 e. The van der Waals surface area contributed by atoms with Crippen molar-refractivity contribution in [2.75, 3.05) is 11.9 Å². The Morgan fingerprint density at radius 2 is 1.77 bits per heavy atom. The van der Waals surface area contributed by atoms with E-state index in [0.29, 0.717) is 6.61 Å². The summed E-state index contributed by atoms with van der Waals surface area (Å²) in [5.74, 6) is 0.904. The molecule has 1 aromatic heterocycles. The first kappa shape index (κ1) is 14.6. The fourth-order valence-electron chi connectivity index (χ4n) is 2.30. The van der Waals surface area contributed by atoms with Crippen LogP contribution in [0, 0.1) is 6.92 Å². The fraction of sp³-hybridized carbons (Fsp3) is 0.167. The van der Waals surface area contributed by atoms with Crippen LogP contribution in [0.1, 0.15) is 11.8 Å². The number of ether oxygens (including phenoxy) is 1. The molecule has 3 rings (SSSR count). The van der Waals surface area contributed by atoms with Crippen molar-refractivity contribution in [3.8, 4) is 17.0 Å². The molecular formula is C18H19N2OS+. The van der Waals surface area contributed by atoms with Crippen LogP contribution in [-0.4, -0.2) is 6.61 Å². The highest BCUT2D eigenvalue weighted by Gasteiger charge is 2.15. The quantitative estimate of drug-likeness (QED) is 0.742. The third-order valence-corrected chi connectivity index (χ3v) is 4.25. The third-order valence-electron chi connectivity index (χ3n) is 3.33. The fourth-order valence-corrected chi connectivity index (χ4v) is 3.20. The molecule has 3 aromatic rings. The molecule has 0 saturated heterocycles. The van der Waals surface area contributed by atoms with Crippen molar-refractivity contribution < 1.29 is 9.72 Å². The van der Waals surface area contributed by atoms with Crippen molar-refractivity contribution in [1.29, 1.82) is 0 Å². The highest BCUT2D eigenvalue weighted by Crippen LogP contribution is 2.29. The minimum atomic E-state index is 0.689. The van der Waals surface area contributed by atoms with Crippen LogP contribution in [0.15, 0.2) is 54.6 Å². The largest absolute Gasteiger partial charge is 0.494 e. The van der Waals surface area contributed by atoms with Crippen LogP contribution in [0.2, 0.25) is 0 Å². The average Bonchev–Trinajstić information content (AvgIpc) is 2.90. The lowest BCUT2D eigenvalue weighted by Gasteiger charge is -2.03. The van der Waals surface area contributed by atoms with Crippen molar-refractivity contribution in [3.63, 3.8) is 0 Å². The van der Waals surface area contributed by atoms with Gasteiger partial charge >= 0.3 is 5.13 Å². The van der Waals surface area contributed by atoms with Crippen LogP contribution in [0.5, 0.6) is 5.75 Å². The number of hydrogen-bond acceptors (Lipinski definition) is 3. The normalized spacial score (nSPS) is 10.5. The molecular weight excluding hydrogens is 292 g/mol. The topological polar surface area (TPSA) is 35.4 Å². The molecule has 4 heteroatoms. The molecule has 0 saturated carbocycles. The summed E-state index contributed by atoms with van der Waals surface area (Å²) in [5.41, 5.74) is 3.39. The van der Waals surface area contributed by atoms with E-state index in [1.54, 1.807) is 11.3 Å². The Labute approximate surface area is 134 Å². The number of nitrogens with one attached hydrogen (secondary N) is 2. The van der Waals surface area contributed by atoms with Crippen molar-refractivity contribution in [2.45, 2.75) is 13.8 Å². The van der Waals surface area contributed by atoms with E-state index >= 15 is 0 Å². The van der Waals surface area contributed by atoms with Crippen LogP contribution >= 0.6 is 11.3 Å². The Kier molecular flexibility index (Phi) is 4.39. The molecule has 0 unspecified atom stereocenters. The van der Waals surface area contributed by atoms with Gasteiger partial charge in [0.05, 0.1) is 11.5 Å². The van der Waals surface area contributed by atoms with Gasteiger partial charge in [-0.15, -0.1) is 0 Å². The van der Waals surface area contributed by atoms with Crippen molar-refractivity contribution in [3.05, 3.63) is 59.5 Å². The summed E-state index contributed by atoms with van der Waals surface area (Å²) < 4.78 is 5.49. The summed E-state index contributed by atoms with van der Waals surface area (Å²) in [6.07, 6.45) is 0. The predicted molar refractivity (Wildman–Crippen MR) is 91.9 cm³/mol. The lowest BCUT2D eigenvalue weighted by molar-refractivity contribution is -0.341. The van der Waals surface area contributed by atoms with E-state index in [4.69, 9.17) is 4.74 Å². The van der Waals surface area contributed by atoms with Crippen LogP contribution in [0.25, 0.3) is 11.3 Å². The Balaban J connectivity index is 1.82. The van der Waals surface area contributed by atoms with Crippen LogP contribution in [0.4, 0.5) is 10.8 Å². The smallest absolute Gasteiger partial charge is 0.337 e. The molecule has 0 fully saturated rings. The summed E-state index contributed by atoms with van der Waals surface area (Å²) in [7, 11) is 0. The molecule has 22 heavy (non-hydrogen) atoms. The lowest BCUT2D eigenvalue weighted by Crippen LogP contribution is -2.07. The second kappa shape index (κ2) is 6.62. The number of aryl methyl sites for hydroxylation is 1. The van der Waals surface area contributed by atoms with E-state index in [0.717, 1.165) is 22.3 Å². The average molecular weight is 311 g/mol. The summed E-state index contributed by atoms with van der Waals surface area (Å²) in [4.78, 5) is 4.72. The molecule has 1 heterocycles. The molecule has 0 radical (unpaired) electrons. The van der Waals surface area contributed by atoms with Gasteiger partial charge in [-0.3, -0.25) is 0 Å². The molecule has 2 N–H and O–H groups in total. The molecule has 0 aliphatic carbocycles. The van der Waals surface area contributed by atoms with Gasteiger partial charge in [0.2, 0.25) is 0 Å². The Morgan fingerprint density at radius 3 is 2.45 bits per heavy atom. The van der Waals surface area contributed by atoms with E-state index in [-0.39, 0.29) is 0 Å². The van der Waals surface area contributed by atoms with Gasteiger partial charge in [0.25, 0.3) is 0 Å². The van der Waals surface area contributed by atoms with Gasteiger partial charge in [-0.1, -0.05) is 29.5 Å². The zero-order valence-corrected chi connectivity index (χ0v) is 13.5. The predicted octanol–water partition coefficient (Wildman–Crippen LogP) is 4.68. The maximum absolute atomic E-state index is 5.49. The maximum atomic E-state index is 5.49. The van der Waals surface area contributed by atoms with Gasteiger partial charge in [-0.2, -0.15) is 0 Å². The zero-order chi connectivity index (χ0) is 15.4. The summed E-state index contributed by atoms with van der Waals surface area (Å²) in [5, 5.41) is 4.44. The number of hydrogen-bond donors (Lipinski definition) is 1. The number of anilines is 2. The lowest BCUT2D eigenvalue weighted by atomic mass is 10.1. The summed E-state index contributed by atoms with van der Waals surface area (Å²) in [6.45, 7) is 4.81. The first-order chi connectivity index (χ1) is 10.8. The molecule has 0 amide bonds. The standard InChI is InChI=1S/C18H18N2OS/c1-3-21-16-11-9-14(10-12-16)17-13(2)22-18(20-17)19-15-7-5-4-6-8-15/h4-12H,3H2,1-2H3,(H,19,20)/p+1. The second-order valence-corrected chi connectivity index (χ2v) is 6.16. The van der Waals surface area contributed by atoms with Gasteiger partial charge < -0.3 is 4.74 Å². The maximum Gasteiger partial charge on any atom is 0.337 e. The van der Waals surface area contributed by atoms with Crippen molar-refractivity contribution in [1.82, 2.24) is 0 Å².